The predicted octanol–water partition coefficient (Wildman–Crippen LogP) is 4.83. The molecule has 1 aromatic carbocycles. The molecule has 3 heteroatoms. The van der Waals surface area contributed by atoms with Gasteiger partial charge in [0, 0.05) is 19.7 Å². The molecule has 0 bridgehead atoms. The summed E-state index contributed by atoms with van der Waals surface area (Å²) in [5, 5.41) is 6.54. The first-order valence-corrected chi connectivity index (χ1v) is 8.06. The second-order valence-corrected chi connectivity index (χ2v) is 6.52. The summed E-state index contributed by atoms with van der Waals surface area (Å²) in [7, 11) is 3.74. The number of hydrogen-bond acceptors (Lipinski definition) is 2. The van der Waals surface area contributed by atoms with E-state index in [2.05, 4.69) is 30.7 Å². The lowest BCUT2D eigenvalue weighted by Crippen LogP contribution is -2.08. The summed E-state index contributed by atoms with van der Waals surface area (Å²) in [6.45, 7) is 6.10. The maximum atomic E-state index is 6.34. The number of hydrogen-bond donors (Lipinski definition) is 0. The van der Waals surface area contributed by atoms with E-state index in [1.54, 1.807) is 5.01 Å². The van der Waals surface area contributed by atoms with Crippen LogP contribution in [0.25, 0.3) is 6.08 Å². The Morgan fingerprint density at radius 2 is 2.05 bits per heavy atom. The second kappa shape index (κ2) is 7.13. The van der Waals surface area contributed by atoms with Crippen molar-refractivity contribution in [2.75, 3.05) is 14.1 Å². The largest absolute Gasteiger partial charge is 0.302 e. The molecule has 1 aliphatic rings. The summed E-state index contributed by atoms with van der Waals surface area (Å²) in [5.74, 6) is 0.845. The van der Waals surface area contributed by atoms with Crippen LogP contribution < -0.4 is 0 Å². The van der Waals surface area contributed by atoms with E-state index in [1.165, 1.54) is 43.2 Å². The summed E-state index contributed by atoms with van der Waals surface area (Å²) in [6.07, 6.45) is 8.56. The molecule has 0 aliphatic heterocycles. The van der Waals surface area contributed by atoms with Crippen LogP contribution in [0, 0.1) is 12.8 Å². The Bertz CT molecular complexity index is 540. The van der Waals surface area contributed by atoms with Crippen molar-refractivity contribution in [3.05, 3.63) is 41.0 Å². The molecule has 1 aliphatic carbocycles. The molecule has 2 nitrogen and oxygen atoms in total. The Hall–Kier alpha value is -1.28. The molecule has 2 rings (SSSR count). The highest BCUT2D eigenvalue weighted by Gasteiger charge is 2.17. The van der Waals surface area contributed by atoms with E-state index in [0.29, 0.717) is 5.17 Å². The van der Waals surface area contributed by atoms with E-state index in [4.69, 9.17) is 11.6 Å². The van der Waals surface area contributed by atoms with Gasteiger partial charge >= 0.3 is 0 Å². The fraction of sp³-hybridized carbons (Fsp3) is 0.500. The molecular formula is C18H25ClN2. The van der Waals surface area contributed by atoms with Gasteiger partial charge in [-0.15, -0.1) is 0 Å². The summed E-state index contributed by atoms with van der Waals surface area (Å²) in [6, 6.07) is 4.39. The lowest BCUT2D eigenvalue weighted by Gasteiger charge is -2.15. The van der Waals surface area contributed by atoms with Crippen LogP contribution in [0.1, 0.15) is 47.9 Å². The molecule has 0 saturated heterocycles. The van der Waals surface area contributed by atoms with Gasteiger partial charge in [-0.3, -0.25) is 0 Å². The Labute approximate surface area is 133 Å². The molecule has 1 aromatic rings. The van der Waals surface area contributed by atoms with Gasteiger partial charge in [0.25, 0.3) is 0 Å². The quantitative estimate of drug-likeness (QED) is 0.562. The average Bonchev–Trinajstić information content (AvgIpc) is 2.92. The molecule has 21 heavy (non-hydrogen) atoms. The van der Waals surface area contributed by atoms with Crippen LogP contribution in [0.5, 0.6) is 0 Å². The molecule has 114 valence electrons. The molecule has 0 aromatic heterocycles. The Kier molecular flexibility index (Phi) is 5.46. The third-order valence-corrected chi connectivity index (χ3v) is 4.50. The fourth-order valence-electron chi connectivity index (χ4n) is 3.09. The van der Waals surface area contributed by atoms with E-state index in [0.717, 1.165) is 17.0 Å². The molecule has 0 amide bonds. The van der Waals surface area contributed by atoms with Crippen molar-refractivity contribution < 1.29 is 0 Å². The van der Waals surface area contributed by atoms with Gasteiger partial charge in [-0.25, -0.2) is 0 Å². The summed E-state index contributed by atoms with van der Waals surface area (Å²) in [5.41, 5.74) is 4.77. The lowest BCUT2D eigenvalue weighted by molar-refractivity contribution is 0.439. The van der Waals surface area contributed by atoms with Gasteiger partial charge in [0.15, 0.2) is 5.17 Å². The highest BCUT2D eigenvalue weighted by atomic mass is 35.5. The minimum Gasteiger partial charge on any atom is -0.302 e. The van der Waals surface area contributed by atoms with Gasteiger partial charge in [0.05, 0.1) is 0 Å². The van der Waals surface area contributed by atoms with Crippen molar-refractivity contribution >= 4 is 22.8 Å². The van der Waals surface area contributed by atoms with Crippen molar-refractivity contribution in [1.82, 2.24) is 5.01 Å². The van der Waals surface area contributed by atoms with Crippen molar-refractivity contribution in [2.24, 2.45) is 11.0 Å². The normalized spacial score (nSPS) is 16.3. The topological polar surface area (TPSA) is 15.6 Å². The van der Waals surface area contributed by atoms with Gasteiger partial charge in [0.1, 0.15) is 0 Å². The number of benzene rings is 1. The third-order valence-electron chi connectivity index (χ3n) is 4.22. The molecule has 0 unspecified atom stereocenters. The second-order valence-electron chi connectivity index (χ2n) is 6.16. The van der Waals surface area contributed by atoms with Gasteiger partial charge in [-0.2, -0.15) is 5.10 Å². The minimum absolute atomic E-state index is 0.519. The first-order valence-electron chi connectivity index (χ1n) is 7.69. The van der Waals surface area contributed by atoms with E-state index < -0.39 is 0 Å². The molecule has 0 heterocycles. The fourth-order valence-corrected chi connectivity index (χ4v) is 3.41. The predicted molar refractivity (Wildman–Crippen MR) is 93.0 cm³/mol. The van der Waals surface area contributed by atoms with Crippen LogP contribution in [0.4, 0.5) is 0 Å². The van der Waals surface area contributed by atoms with Crippen LogP contribution >= 0.6 is 11.6 Å². The third kappa shape index (κ3) is 4.10. The SMILES string of the molecule is C=Cc1cc(CC2CCCC2)c(C)cc1/C(Cl)=N\N(C)C. The van der Waals surface area contributed by atoms with E-state index in [-0.39, 0.29) is 0 Å². The molecule has 0 atom stereocenters. The lowest BCUT2D eigenvalue weighted by atomic mass is 9.91. The summed E-state index contributed by atoms with van der Waals surface area (Å²) < 4.78 is 0. The molecular weight excluding hydrogens is 280 g/mol. The van der Waals surface area contributed by atoms with E-state index in [1.807, 2.05) is 20.2 Å². The van der Waals surface area contributed by atoms with Crippen LogP contribution in [-0.4, -0.2) is 24.3 Å². The van der Waals surface area contributed by atoms with Crippen LogP contribution in [0.3, 0.4) is 0 Å². The molecule has 1 fully saturated rings. The number of halogens is 1. The van der Waals surface area contributed by atoms with Crippen LogP contribution in [-0.2, 0) is 6.42 Å². The van der Waals surface area contributed by atoms with Gasteiger partial charge < -0.3 is 5.01 Å². The zero-order valence-corrected chi connectivity index (χ0v) is 14.1. The van der Waals surface area contributed by atoms with E-state index >= 15 is 0 Å². The number of aryl methyl sites for hydroxylation is 1. The van der Waals surface area contributed by atoms with Crippen LogP contribution in [0.2, 0.25) is 0 Å². The molecule has 0 spiro atoms. The minimum atomic E-state index is 0.519. The average molecular weight is 305 g/mol. The Morgan fingerprint density at radius 3 is 2.62 bits per heavy atom. The van der Waals surface area contributed by atoms with E-state index in [9.17, 15) is 0 Å². The number of nitrogens with zero attached hydrogens (tertiary/aromatic N) is 2. The van der Waals surface area contributed by atoms with Gasteiger partial charge in [0.2, 0.25) is 0 Å². The Morgan fingerprint density at radius 1 is 1.38 bits per heavy atom. The van der Waals surface area contributed by atoms with Gasteiger partial charge in [-0.1, -0.05) is 56.0 Å². The first-order chi connectivity index (χ1) is 10.0. The highest BCUT2D eigenvalue weighted by molar-refractivity contribution is 6.69. The Balaban J connectivity index is 2.32. The van der Waals surface area contributed by atoms with Gasteiger partial charge in [-0.05, 0) is 42.0 Å². The summed E-state index contributed by atoms with van der Waals surface area (Å²) in [4.78, 5) is 0. The smallest absolute Gasteiger partial charge is 0.156 e. The summed E-state index contributed by atoms with van der Waals surface area (Å²) >= 11 is 6.34. The van der Waals surface area contributed by atoms with Crippen molar-refractivity contribution in [2.45, 2.75) is 39.0 Å². The first kappa shape index (κ1) is 16.1. The maximum Gasteiger partial charge on any atom is 0.156 e. The zero-order valence-electron chi connectivity index (χ0n) is 13.3. The molecule has 1 saturated carbocycles. The molecule has 0 radical (unpaired) electrons. The zero-order chi connectivity index (χ0) is 15.4. The monoisotopic (exact) mass is 304 g/mol. The van der Waals surface area contributed by atoms with Crippen molar-refractivity contribution in [1.29, 1.82) is 0 Å². The van der Waals surface area contributed by atoms with Crippen molar-refractivity contribution in [3.8, 4) is 0 Å². The highest BCUT2D eigenvalue weighted by Crippen LogP contribution is 2.30. The molecule has 0 N–H and O–H groups in total. The number of rotatable bonds is 5. The van der Waals surface area contributed by atoms with Crippen molar-refractivity contribution in [3.63, 3.8) is 0 Å². The number of hydrazone groups is 1. The maximum absolute atomic E-state index is 6.34. The van der Waals surface area contributed by atoms with Crippen LogP contribution in [0.15, 0.2) is 23.8 Å². The standard InChI is InChI=1S/C18H25ClN2/c1-5-15-12-16(11-14-8-6-7-9-14)13(2)10-17(15)18(19)20-21(3)4/h5,10,12,14H,1,6-9,11H2,2-4H3/b20-18+.